The van der Waals surface area contributed by atoms with Crippen LogP contribution in [0, 0.1) is 17.7 Å². The van der Waals surface area contributed by atoms with E-state index in [0.717, 1.165) is 49.9 Å². The molecule has 35 heavy (non-hydrogen) atoms. The maximum Gasteiger partial charge on any atom is 0.240 e. The fraction of sp³-hybridized carbons (Fsp3) is 0.423. The van der Waals surface area contributed by atoms with Crippen molar-refractivity contribution in [3.05, 3.63) is 47.3 Å². The number of ketones is 1. The second-order valence-corrected chi connectivity index (χ2v) is 10.3. The summed E-state index contributed by atoms with van der Waals surface area (Å²) in [5.41, 5.74) is 2.46. The molecule has 1 fully saturated rings. The van der Waals surface area contributed by atoms with Gasteiger partial charge in [0, 0.05) is 11.5 Å². The topological polar surface area (TPSA) is 80.8 Å². The van der Waals surface area contributed by atoms with Gasteiger partial charge < -0.3 is 14.8 Å². The first-order valence-electron chi connectivity index (χ1n) is 11.8. The third-order valence-electron chi connectivity index (χ3n) is 7.00. The molecule has 0 bridgehead atoms. The first-order chi connectivity index (χ1) is 16.9. The first kappa shape index (κ1) is 23.7. The molecule has 1 aromatic heterocycles. The number of fused-ring (bicyclic) bond motifs is 2. The molecule has 7 nitrogen and oxygen atoms in total. The number of halogens is 1. The molecule has 0 radical (unpaired) electrons. The summed E-state index contributed by atoms with van der Waals surface area (Å²) < 4.78 is 24.8. The summed E-state index contributed by atoms with van der Waals surface area (Å²) in [6, 6.07) is 8.13. The van der Waals surface area contributed by atoms with Gasteiger partial charge >= 0.3 is 0 Å². The largest absolute Gasteiger partial charge is 0.493 e. The molecular formula is C26H28FN3O4S. The van der Waals surface area contributed by atoms with Gasteiger partial charge in [0.15, 0.2) is 22.4 Å². The Morgan fingerprint density at radius 3 is 2.66 bits per heavy atom. The molecule has 5 rings (SSSR count). The Labute approximate surface area is 207 Å². The molecule has 2 heterocycles. The molecule has 184 valence electrons. The fourth-order valence-corrected chi connectivity index (χ4v) is 6.09. The first-order valence-corrected chi connectivity index (χ1v) is 12.6. The number of amides is 1. The number of thiazole rings is 1. The minimum Gasteiger partial charge on any atom is -0.493 e. The third kappa shape index (κ3) is 5.01. The maximum atomic E-state index is 13.4. The third-order valence-corrected chi connectivity index (χ3v) is 7.93. The maximum absolute atomic E-state index is 13.4. The lowest BCUT2D eigenvalue weighted by Crippen LogP contribution is -2.39. The van der Waals surface area contributed by atoms with Crippen molar-refractivity contribution in [2.75, 3.05) is 39.2 Å². The van der Waals surface area contributed by atoms with Crippen molar-refractivity contribution in [2.45, 2.75) is 25.7 Å². The van der Waals surface area contributed by atoms with Crippen LogP contribution in [0.4, 0.5) is 9.52 Å². The summed E-state index contributed by atoms with van der Waals surface area (Å²) in [6.45, 7) is 1.93. The van der Waals surface area contributed by atoms with Crippen LogP contribution in [-0.4, -0.2) is 55.4 Å². The lowest BCUT2D eigenvalue weighted by molar-refractivity contribution is -0.117. The molecule has 1 unspecified atom stereocenters. The molecule has 2 aromatic carbocycles. The zero-order valence-electron chi connectivity index (χ0n) is 19.8. The SMILES string of the molecule is COc1cc2c(cc1OC)C(=O)C(CC1CCN(CC(=O)Nc3nc4ccc(F)cc4s3)CC1)C2. The number of methoxy groups -OCH3 is 2. The number of likely N-dealkylation sites (tertiary alicyclic amines) is 1. The van der Waals surface area contributed by atoms with E-state index >= 15 is 0 Å². The van der Waals surface area contributed by atoms with Gasteiger partial charge in [-0.05, 0) is 80.6 Å². The highest BCUT2D eigenvalue weighted by atomic mass is 32.1. The molecule has 1 aliphatic carbocycles. The second kappa shape index (κ2) is 9.91. The van der Waals surface area contributed by atoms with Crippen LogP contribution in [0.2, 0.25) is 0 Å². The van der Waals surface area contributed by atoms with Gasteiger partial charge in [-0.2, -0.15) is 0 Å². The molecule has 2 aliphatic rings. The quantitative estimate of drug-likeness (QED) is 0.516. The van der Waals surface area contributed by atoms with Gasteiger partial charge in [-0.15, -0.1) is 0 Å². The lowest BCUT2D eigenvalue weighted by atomic mass is 9.85. The average Bonchev–Trinajstić information content (AvgIpc) is 3.38. The minimum atomic E-state index is -0.315. The Balaban J connectivity index is 1.11. The van der Waals surface area contributed by atoms with Crippen LogP contribution in [0.3, 0.4) is 0 Å². The Hall–Kier alpha value is -3.04. The number of anilines is 1. The van der Waals surface area contributed by atoms with Crippen molar-refractivity contribution >= 4 is 38.4 Å². The van der Waals surface area contributed by atoms with Crippen LogP contribution < -0.4 is 14.8 Å². The fourth-order valence-electron chi connectivity index (χ4n) is 5.18. The number of nitrogens with zero attached hydrogens (tertiary/aromatic N) is 2. The van der Waals surface area contributed by atoms with Crippen molar-refractivity contribution in [1.29, 1.82) is 0 Å². The summed E-state index contributed by atoms with van der Waals surface area (Å²) in [7, 11) is 3.18. The van der Waals surface area contributed by atoms with Crippen LogP contribution in [0.25, 0.3) is 10.2 Å². The van der Waals surface area contributed by atoms with E-state index in [1.54, 1.807) is 26.4 Å². The van der Waals surface area contributed by atoms with Crippen molar-refractivity contribution in [3.63, 3.8) is 0 Å². The average molecular weight is 498 g/mol. The number of rotatable bonds is 7. The predicted molar refractivity (Wildman–Crippen MR) is 133 cm³/mol. The van der Waals surface area contributed by atoms with E-state index in [4.69, 9.17) is 9.47 Å². The van der Waals surface area contributed by atoms with E-state index in [0.29, 0.717) is 39.3 Å². The van der Waals surface area contributed by atoms with Gasteiger partial charge in [-0.3, -0.25) is 14.5 Å². The van der Waals surface area contributed by atoms with Crippen LogP contribution in [0.15, 0.2) is 30.3 Å². The Kier molecular flexibility index (Phi) is 6.71. The molecule has 0 spiro atoms. The summed E-state index contributed by atoms with van der Waals surface area (Å²) in [6.07, 6.45) is 3.52. The molecule has 1 aliphatic heterocycles. The van der Waals surface area contributed by atoms with Crippen molar-refractivity contribution in [1.82, 2.24) is 9.88 Å². The molecule has 1 atom stereocenters. The Morgan fingerprint density at radius 1 is 1.17 bits per heavy atom. The lowest BCUT2D eigenvalue weighted by Gasteiger charge is -2.32. The minimum absolute atomic E-state index is 0.00877. The number of hydrogen-bond acceptors (Lipinski definition) is 7. The number of piperidine rings is 1. The Morgan fingerprint density at radius 2 is 1.91 bits per heavy atom. The summed E-state index contributed by atoms with van der Waals surface area (Å²) in [5, 5.41) is 3.33. The number of benzene rings is 2. The number of aromatic nitrogens is 1. The number of ether oxygens (including phenoxy) is 2. The van der Waals surface area contributed by atoms with E-state index in [1.165, 1.54) is 23.5 Å². The summed E-state index contributed by atoms with van der Waals surface area (Å²) in [4.78, 5) is 32.0. The molecule has 9 heteroatoms. The highest BCUT2D eigenvalue weighted by Crippen LogP contribution is 2.39. The number of Topliss-reactive ketones (excluding diaryl/α,β-unsaturated/α-hetero) is 1. The van der Waals surface area contributed by atoms with Crippen LogP contribution in [0.1, 0.15) is 35.2 Å². The van der Waals surface area contributed by atoms with E-state index in [2.05, 4.69) is 15.2 Å². The summed E-state index contributed by atoms with van der Waals surface area (Å²) >= 11 is 1.27. The predicted octanol–water partition coefficient (Wildman–Crippen LogP) is 4.55. The molecule has 0 saturated carbocycles. The van der Waals surface area contributed by atoms with E-state index in [1.807, 2.05) is 6.07 Å². The number of carbonyl (C=O) groups excluding carboxylic acids is 2. The Bertz CT molecular complexity index is 1270. The number of hydrogen-bond donors (Lipinski definition) is 1. The number of nitrogens with one attached hydrogen (secondary N) is 1. The monoisotopic (exact) mass is 497 g/mol. The van der Waals surface area contributed by atoms with Crippen LogP contribution >= 0.6 is 11.3 Å². The highest BCUT2D eigenvalue weighted by molar-refractivity contribution is 7.22. The van der Waals surface area contributed by atoms with Gasteiger partial charge in [-0.1, -0.05) is 11.3 Å². The standard InChI is InChI=1S/C26H28FN3O4S/c1-33-21-11-16-10-17(25(32)19(16)13-22(21)34-2)9-15-5-7-30(8-6-15)14-24(31)29-26-28-20-4-3-18(27)12-23(20)35-26/h3-4,11-13,15,17H,5-10,14H2,1-2H3,(H,28,29,31). The normalized spacial score (nSPS) is 18.6. The van der Waals surface area contributed by atoms with Gasteiger partial charge in [-0.25, -0.2) is 9.37 Å². The van der Waals surface area contributed by atoms with Gasteiger partial charge in [0.05, 0.1) is 31.0 Å². The molecular weight excluding hydrogens is 469 g/mol. The van der Waals surface area contributed by atoms with Gasteiger partial charge in [0.2, 0.25) is 5.91 Å². The summed E-state index contributed by atoms with van der Waals surface area (Å²) in [5.74, 6) is 1.45. The van der Waals surface area contributed by atoms with E-state index in [9.17, 15) is 14.0 Å². The van der Waals surface area contributed by atoms with E-state index < -0.39 is 0 Å². The van der Waals surface area contributed by atoms with E-state index in [-0.39, 0.29) is 23.4 Å². The van der Waals surface area contributed by atoms with Crippen LogP contribution in [0.5, 0.6) is 11.5 Å². The number of carbonyl (C=O) groups is 2. The molecule has 1 saturated heterocycles. The molecule has 1 N–H and O–H groups in total. The highest BCUT2D eigenvalue weighted by Gasteiger charge is 2.34. The molecule has 1 amide bonds. The van der Waals surface area contributed by atoms with Gasteiger partial charge in [0.25, 0.3) is 0 Å². The zero-order chi connectivity index (χ0) is 24.5. The molecule has 3 aromatic rings. The smallest absolute Gasteiger partial charge is 0.240 e. The van der Waals surface area contributed by atoms with Crippen molar-refractivity contribution in [2.24, 2.45) is 11.8 Å². The van der Waals surface area contributed by atoms with Crippen molar-refractivity contribution in [3.8, 4) is 11.5 Å². The second-order valence-electron chi connectivity index (χ2n) is 9.26. The van der Waals surface area contributed by atoms with Gasteiger partial charge in [0.1, 0.15) is 5.82 Å². The zero-order valence-corrected chi connectivity index (χ0v) is 20.6. The van der Waals surface area contributed by atoms with Crippen molar-refractivity contribution < 1.29 is 23.5 Å². The van der Waals surface area contributed by atoms with Crippen LogP contribution in [-0.2, 0) is 11.2 Å².